The quantitative estimate of drug-likeness (QED) is 0.416. The van der Waals surface area contributed by atoms with E-state index in [1.54, 1.807) is 6.92 Å². The fourth-order valence-corrected chi connectivity index (χ4v) is 1.78. The molecule has 0 aliphatic carbocycles. The topological polar surface area (TPSA) is 74.7 Å². The van der Waals surface area contributed by atoms with Crippen molar-refractivity contribution < 1.29 is 17.8 Å². The zero-order valence-corrected chi connectivity index (χ0v) is 6.13. The van der Waals surface area contributed by atoms with E-state index in [1.807, 2.05) is 0 Å². The Morgan fingerprint density at radius 3 is 2.30 bits per heavy atom. The van der Waals surface area contributed by atoms with Gasteiger partial charge in [0.25, 0.3) is 0 Å². The molecule has 0 bridgehead atoms. The van der Waals surface area contributed by atoms with Crippen LogP contribution in [-0.2, 0) is 15.1 Å². The van der Waals surface area contributed by atoms with Gasteiger partial charge in [0.05, 0.1) is 6.04 Å². The molecule has 1 fully saturated rings. The summed E-state index contributed by atoms with van der Waals surface area (Å²) >= 11 is 0. The van der Waals surface area contributed by atoms with Gasteiger partial charge >= 0.3 is 10.3 Å². The van der Waals surface area contributed by atoms with Crippen LogP contribution in [-0.4, -0.2) is 29.2 Å². The third-order valence-corrected chi connectivity index (χ3v) is 2.43. The van der Waals surface area contributed by atoms with Gasteiger partial charge in [0, 0.05) is 6.42 Å². The van der Waals surface area contributed by atoms with Crippen LogP contribution in [0.3, 0.4) is 0 Å². The van der Waals surface area contributed by atoms with Gasteiger partial charge in [-0.15, -0.1) is 0 Å². The highest BCUT2D eigenvalue weighted by Gasteiger charge is 2.40. The minimum Gasteiger partial charge on any atom is -0.274 e. The monoisotopic (exact) mass is 165 g/mol. The number of nitrogens with zero attached hydrogens (tertiary/aromatic N) is 1. The second-order valence-corrected chi connectivity index (χ2v) is 3.51. The Hall–Kier alpha value is -0.620. The third-order valence-electron chi connectivity index (χ3n) is 1.36. The van der Waals surface area contributed by atoms with Crippen molar-refractivity contribution in [2.24, 2.45) is 0 Å². The summed E-state index contributed by atoms with van der Waals surface area (Å²) < 4.78 is 29.4. The lowest BCUT2D eigenvalue weighted by atomic mass is 10.1. The summed E-state index contributed by atoms with van der Waals surface area (Å²) in [5.74, 6) is -0.546. The van der Waals surface area contributed by atoms with Crippen molar-refractivity contribution in [3.8, 4) is 0 Å². The largest absolute Gasteiger partial charge is 0.362 e. The van der Waals surface area contributed by atoms with Crippen molar-refractivity contribution in [2.45, 2.75) is 19.4 Å². The van der Waals surface area contributed by atoms with E-state index in [1.165, 1.54) is 0 Å². The van der Waals surface area contributed by atoms with Crippen molar-refractivity contribution in [2.75, 3.05) is 0 Å². The molecule has 1 rings (SSSR count). The van der Waals surface area contributed by atoms with E-state index in [-0.39, 0.29) is 12.5 Å². The second kappa shape index (κ2) is 1.93. The molecule has 0 radical (unpaired) electrons. The third kappa shape index (κ3) is 0.994. The molecule has 1 heterocycles. The summed E-state index contributed by atoms with van der Waals surface area (Å²) in [5, 5.41) is 0. The first-order valence-corrected chi connectivity index (χ1v) is 4.12. The van der Waals surface area contributed by atoms with E-state index < -0.39 is 16.2 Å². The molecule has 10 heavy (non-hydrogen) atoms. The van der Waals surface area contributed by atoms with Gasteiger partial charge in [-0.3, -0.25) is 9.35 Å². The van der Waals surface area contributed by atoms with Crippen LogP contribution < -0.4 is 0 Å². The number of amides is 1. The fourth-order valence-electron chi connectivity index (χ4n) is 0.915. The summed E-state index contributed by atoms with van der Waals surface area (Å²) in [6.07, 6.45) is 0.194. The number of hydrogen-bond acceptors (Lipinski definition) is 3. The lowest BCUT2D eigenvalue weighted by molar-refractivity contribution is -0.137. The summed E-state index contributed by atoms with van der Waals surface area (Å²) in [4.78, 5) is 10.5. The molecule has 0 aromatic heterocycles. The fraction of sp³-hybridized carbons (Fsp3) is 0.750. The first kappa shape index (κ1) is 7.49. The SMILES string of the molecule is CC1CC(=O)N1S(=O)(=O)O. The Labute approximate surface area is 58.5 Å². The van der Waals surface area contributed by atoms with Crippen LogP contribution >= 0.6 is 0 Å². The van der Waals surface area contributed by atoms with E-state index in [9.17, 15) is 13.2 Å². The molecule has 1 aliphatic rings. The molecule has 1 atom stereocenters. The minimum absolute atomic E-state index is 0.194. The Morgan fingerprint density at radius 1 is 1.70 bits per heavy atom. The average molecular weight is 165 g/mol. The molecule has 1 aliphatic heterocycles. The number of carbonyl (C=O) groups excluding carboxylic acids is 1. The highest BCUT2D eigenvalue weighted by Crippen LogP contribution is 2.20. The van der Waals surface area contributed by atoms with Gasteiger partial charge < -0.3 is 0 Å². The summed E-state index contributed by atoms with van der Waals surface area (Å²) in [5.41, 5.74) is 0. The Kier molecular flexibility index (Phi) is 1.44. The molecule has 0 spiro atoms. The van der Waals surface area contributed by atoms with Gasteiger partial charge in [-0.05, 0) is 6.92 Å². The predicted molar refractivity (Wildman–Crippen MR) is 32.5 cm³/mol. The standard InChI is InChI=1S/C4H7NO4S/c1-3-2-4(6)5(3)10(7,8)9/h3H,2H2,1H3,(H,7,8,9). The molecule has 6 heteroatoms. The van der Waals surface area contributed by atoms with E-state index in [4.69, 9.17) is 4.55 Å². The highest BCUT2D eigenvalue weighted by atomic mass is 32.2. The lowest BCUT2D eigenvalue weighted by Gasteiger charge is -2.33. The number of rotatable bonds is 1. The first-order valence-electron chi connectivity index (χ1n) is 2.72. The van der Waals surface area contributed by atoms with Crippen LogP contribution in [0.1, 0.15) is 13.3 Å². The molecule has 0 saturated carbocycles. The molecule has 0 aromatic carbocycles. The van der Waals surface area contributed by atoms with Crippen molar-refractivity contribution in [3.05, 3.63) is 0 Å². The van der Waals surface area contributed by atoms with Crippen molar-refractivity contribution in [3.63, 3.8) is 0 Å². The summed E-state index contributed by atoms with van der Waals surface area (Å²) in [7, 11) is -4.28. The molecule has 58 valence electrons. The zero-order chi connectivity index (χ0) is 7.94. The normalized spacial score (nSPS) is 26.4. The first-order chi connectivity index (χ1) is 4.43. The smallest absolute Gasteiger partial charge is 0.274 e. The molecular formula is C4H7NO4S. The lowest BCUT2D eigenvalue weighted by Crippen LogP contribution is -2.53. The number of β-lactam (4-membered cyclic amide) rings is 1. The Balaban J connectivity index is 2.84. The van der Waals surface area contributed by atoms with Crippen LogP contribution in [0.5, 0.6) is 0 Å². The molecule has 1 N–H and O–H groups in total. The van der Waals surface area contributed by atoms with Crippen molar-refractivity contribution in [1.29, 1.82) is 0 Å². The van der Waals surface area contributed by atoms with Gasteiger partial charge in [0.15, 0.2) is 0 Å². The molecule has 0 aromatic rings. The number of carbonyl (C=O) groups is 1. The Bertz CT molecular complexity index is 256. The van der Waals surface area contributed by atoms with Crippen LogP contribution in [0.15, 0.2) is 0 Å². The average Bonchev–Trinajstić information content (AvgIpc) is 1.58. The van der Waals surface area contributed by atoms with E-state index >= 15 is 0 Å². The zero-order valence-electron chi connectivity index (χ0n) is 5.31. The highest BCUT2D eigenvalue weighted by molar-refractivity contribution is 7.84. The summed E-state index contributed by atoms with van der Waals surface area (Å²) in [6.45, 7) is 1.55. The maximum atomic E-state index is 10.5. The van der Waals surface area contributed by atoms with Crippen LogP contribution in [0, 0.1) is 0 Å². The van der Waals surface area contributed by atoms with Crippen LogP contribution in [0.4, 0.5) is 0 Å². The van der Waals surface area contributed by atoms with Gasteiger partial charge in [0.1, 0.15) is 0 Å². The summed E-state index contributed by atoms with van der Waals surface area (Å²) in [6, 6.07) is -0.387. The van der Waals surface area contributed by atoms with Gasteiger partial charge in [-0.1, -0.05) is 0 Å². The molecule has 5 nitrogen and oxygen atoms in total. The number of hydrogen-bond donors (Lipinski definition) is 1. The molecule has 1 amide bonds. The second-order valence-electron chi connectivity index (χ2n) is 2.22. The van der Waals surface area contributed by atoms with Crippen molar-refractivity contribution >= 4 is 16.2 Å². The molecular weight excluding hydrogens is 158 g/mol. The van der Waals surface area contributed by atoms with Crippen molar-refractivity contribution in [1.82, 2.24) is 4.31 Å². The van der Waals surface area contributed by atoms with E-state index in [2.05, 4.69) is 0 Å². The van der Waals surface area contributed by atoms with Crippen LogP contribution in [0.25, 0.3) is 0 Å². The molecule has 1 unspecified atom stereocenters. The Morgan fingerprint density at radius 2 is 2.20 bits per heavy atom. The minimum atomic E-state index is -4.28. The maximum Gasteiger partial charge on any atom is 0.362 e. The molecule has 1 saturated heterocycles. The van der Waals surface area contributed by atoms with Gasteiger partial charge in [-0.2, -0.15) is 8.42 Å². The maximum absolute atomic E-state index is 10.5. The van der Waals surface area contributed by atoms with E-state index in [0.29, 0.717) is 4.31 Å². The van der Waals surface area contributed by atoms with Gasteiger partial charge in [0.2, 0.25) is 5.91 Å². The predicted octanol–water partition coefficient (Wildman–Crippen LogP) is -0.590. The van der Waals surface area contributed by atoms with Gasteiger partial charge in [-0.25, -0.2) is 4.31 Å². The van der Waals surface area contributed by atoms with E-state index in [0.717, 1.165) is 0 Å². The van der Waals surface area contributed by atoms with Crippen LogP contribution in [0.2, 0.25) is 0 Å².